The molecule has 0 saturated heterocycles. The molecule has 0 fully saturated rings. The summed E-state index contributed by atoms with van der Waals surface area (Å²) in [5.74, 6) is -0.176. The topological polar surface area (TPSA) is 69.1 Å². The first-order valence-corrected chi connectivity index (χ1v) is 2.28. The average Bonchev–Trinajstić information content (AvgIpc) is 1.64. The van der Waals surface area contributed by atoms with Crippen LogP contribution in [0.4, 0.5) is 0 Å². The van der Waals surface area contributed by atoms with Crippen LogP contribution in [0.2, 0.25) is 0 Å². The molecule has 0 aliphatic heterocycles. The minimum atomic E-state index is -0.176. The monoisotopic (exact) mass is 114 g/mol. The Labute approximate surface area is 48.4 Å². The highest BCUT2D eigenvalue weighted by Gasteiger charge is 1.97. The molecule has 0 saturated carbocycles. The van der Waals surface area contributed by atoms with Crippen LogP contribution in [0.15, 0.2) is 11.4 Å². The summed E-state index contributed by atoms with van der Waals surface area (Å²) in [6.45, 7) is 2.97. The van der Waals surface area contributed by atoms with E-state index in [9.17, 15) is 4.79 Å². The van der Waals surface area contributed by atoms with Crippen molar-refractivity contribution in [2.24, 2.45) is 11.5 Å². The minimum Gasteiger partial charge on any atom is -0.401 e. The molecule has 46 valence electrons. The third kappa shape index (κ3) is 1.64. The molecule has 0 aromatic heterocycles. The van der Waals surface area contributed by atoms with Gasteiger partial charge in [0.15, 0.2) is 5.78 Å². The molecule has 0 aliphatic carbocycles. The SMILES string of the molecule is CC(=O)/C(N)=C(\C)N. The van der Waals surface area contributed by atoms with Crippen LogP contribution in [0.3, 0.4) is 0 Å². The van der Waals surface area contributed by atoms with E-state index in [0.717, 1.165) is 0 Å². The van der Waals surface area contributed by atoms with Gasteiger partial charge in [0.25, 0.3) is 0 Å². The molecule has 0 amide bonds. The summed E-state index contributed by atoms with van der Waals surface area (Å²) in [6.07, 6.45) is 0. The van der Waals surface area contributed by atoms with E-state index in [2.05, 4.69) is 0 Å². The van der Waals surface area contributed by atoms with Crippen LogP contribution in [-0.2, 0) is 4.79 Å². The summed E-state index contributed by atoms with van der Waals surface area (Å²) in [7, 11) is 0. The second kappa shape index (κ2) is 2.35. The third-order valence-corrected chi connectivity index (χ3v) is 0.804. The predicted molar refractivity (Wildman–Crippen MR) is 31.8 cm³/mol. The highest BCUT2D eigenvalue weighted by molar-refractivity contribution is 5.92. The van der Waals surface area contributed by atoms with Crippen molar-refractivity contribution in [2.75, 3.05) is 0 Å². The first-order chi connectivity index (χ1) is 3.55. The van der Waals surface area contributed by atoms with Gasteiger partial charge in [-0.15, -0.1) is 0 Å². The quantitative estimate of drug-likeness (QED) is 0.461. The fourth-order valence-electron chi connectivity index (χ4n) is 0.278. The van der Waals surface area contributed by atoms with Crippen LogP contribution >= 0.6 is 0 Å². The highest BCUT2D eigenvalue weighted by atomic mass is 16.1. The van der Waals surface area contributed by atoms with Crippen LogP contribution in [0, 0.1) is 0 Å². The van der Waals surface area contributed by atoms with Crippen molar-refractivity contribution in [3.63, 3.8) is 0 Å². The fourth-order valence-corrected chi connectivity index (χ4v) is 0.278. The maximum atomic E-state index is 10.3. The maximum Gasteiger partial charge on any atom is 0.177 e. The Balaban J connectivity index is 4.23. The predicted octanol–water partition coefficient (Wildman–Crippen LogP) is -0.276. The van der Waals surface area contributed by atoms with Gasteiger partial charge in [-0.3, -0.25) is 4.79 Å². The summed E-state index contributed by atoms with van der Waals surface area (Å²) in [5, 5.41) is 0. The second-order valence-corrected chi connectivity index (χ2v) is 1.65. The van der Waals surface area contributed by atoms with E-state index in [-0.39, 0.29) is 11.5 Å². The molecule has 0 radical (unpaired) electrons. The van der Waals surface area contributed by atoms with Gasteiger partial charge in [0.2, 0.25) is 0 Å². The molecular formula is C5H10N2O. The van der Waals surface area contributed by atoms with Crippen molar-refractivity contribution in [2.45, 2.75) is 13.8 Å². The lowest BCUT2D eigenvalue weighted by Crippen LogP contribution is -2.13. The highest BCUT2D eigenvalue weighted by Crippen LogP contribution is 1.88. The van der Waals surface area contributed by atoms with Crippen molar-refractivity contribution < 1.29 is 4.79 Å². The van der Waals surface area contributed by atoms with Crippen molar-refractivity contribution >= 4 is 5.78 Å². The third-order valence-electron chi connectivity index (χ3n) is 0.804. The van der Waals surface area contributed by atoms with E-state index in [0.29, 0.717) is 5.70 Å². The molecule has 0 aromatic carbocycles. The number of allylic oxidation sites excluding steroid dienone is 2. The average molecular weight is 114 g/mol. The van der Waals surface area contributed by atoms with Crippen LogP contribution in [0.1, 0.15) is 13.8 Å². The Morgan fingerprint density at radius 2 is 1.62 bits per heavy atom. The van der Waals surface area contributed by atoms with E-state index >= 15 is 0 Å². The van der Waals surface area contributed by atoms with Gasteiger partial charge in [-0.2, -0.15) is 0 Å². The largest absolute Gasteiger partial charge is 0.401 e. The number of ketones is 1. The molecule has 8 heavy (non-hydrogen) atoms. The number of carbonyl (C=O) groups is 1. The Kier molecular flexibility index (Phi) is 2.06. The van der Waals surface area contributed by atoms with Gasteiger partial charge in [-0.05, 0) is 6.92 Å². The number of hydrogen-bond acceptors (Lipinski definition) is 3. The first kappa shape index (κ1) is 7.01. The second-order valence-electron chi connectivity index (χ2n) is 1.65. The lowest BCUT2D eigenvalue weighted by molar-refractivity contribution is -0.113. The van der Waals surface area contributed by atoms with E-state index in [1.165, 1.54) is 6.92 Å². The zero-order chi connectivity index (χ0) is 6.73. The van der Waals surface area contributed by atoms with Gasteiger partial charge < -0.3 is 11.5 Å². The molecule has 3 nitrogen and oxygen atoms in total. The van der Waals surface area contributed by atoms with Gasteiger partial charge >= 0.3 is 0 Å². The standard InChI is InChI=1S/C5H10N2O/c1-3(6)5(7)4(2)8/h6-7H2,1-2H3/b5-3-. The van der Waals surface area contributed by atoms with Gasteiger partial charge in [0.05, 0.1) is 5.70 Å². The maximum absolute atomic E-state index is 10.3. The summed E-state index contributed by atoms with van der Waals surface area (Å²) in [6, 6.07) is 0. The summed E-state index contributed by atoms with van der Waals surface area (Å²) < 4.78 is 0. The summed E-state index contributed by atoms with van der Waals surface area (Å²) >= 11 is 0. The van der Waals surface area contributed by atoms with Gasteiger partial charge in [-0.25, -0.2) is 0 Å². The van der Waals surface area contributed by atoms with E-state index in [1.54, 1.807) is 6.92 Å². The normalized spacial score (nSPS) is 12.8. The van der Waals surface area contributed by atoms with Gasteiger partial charge in [-0.1, -0.05) is 0 Å². The molecule has 3 heteroatoms. The summed E-state index contributed by atoms with van der Waals surface area (Å²) in [5.41, 5.74) is 10.9. The van der Waals surface area contributed by atoms with Crippen LogP contribution in [0.5, 0.6) is 0 Å². The minimum absolute atomic E-state index is 0.157. The van der Waals surface area contributed by atoms with E-state index < -0.39 is 0 Å². The number of nitrogens with two attached hydrogens (primary N) is 2. The molecule has 0 spiro atoms. The lowest BCUT2D eigenvalue weighted by Gasteiger charge is -1.94. The molecule has 0 heterocycles. The van der Waals surface area contributed by atoms with Crippen molar-refractivity contribution in [3.05, 3.63) is 11.4 Å². The number of rotatable bonds is 1. The summed E-state index contributed by atoms with van der Waals surface area (Å²) in [4.78, 5) is 10.3. The Hall–Kier alpha value is -0.990. The number of Topliss-reactive ketones (excluding diaryl/α,β-unsaturated/α-hetero) is 1. The first-order valence-electron chi connectivity index (χ1n) is 2.28. The van der Waals surface area contributed by atoms with E-state index in [4.69, 9.17) is 11.5 Å². The zero-order valence-electron chi connectivity index (χ0n) is 5.06. The Bertz CT molecular complexity index is 133. The van der Waals surface area contributed by atoms with Crippen molar-refractivity contribution in [1.82, 2.24) is 0 Å². The molecular weight excluding hydrogens is 104 g/mol. The molecule has 0 aromatic rings. The number of carbonyl (C=O) groups excluding carboxylic acids is 1. The lowest BCUT2D eigenvalue weighted by atomic mass is 10.3. The Morgan fingerprint density at radius 3 is 1.62 bits per heavy atom. The van der Waals surface area contributed by atoms with E-state index in [1.807, 2.05) is 0 Å². The molecule has 0 atom stereocenters. The smallest absolute Gasteiger partial charge is 0.177 e. The van der Waals surface area contributed by atoms with Gasteiger partial charge in [0.1, 0.15) is 0 Å². The van der Waals surface area contributed by atoms with Gasteiger partial charge in [0, 0.05) is 12.6 Å². The Morgan fingerprint density at radius 1 is 1.25 bits per heavy atom. The van der Waals surface area contributed by atoms with Crippen molar-refractivity contribution in [3.8, 4) is 0 Å². The fraction of sp³-hybridized carbons (Fsp3) is 0.400. The van der Waals surface area contributed by atoms with Crippen LogP contribution in [-0.4, -0.2) is 5.78 Å². The number of hydrogen-bond donors (Lipinski definition) is 2. The molecule has 4 N–H and O–H groups in total. The zero-order valence-corrected chi connectivity index (χ0v) is 5.06. The van der Waals surface area contributed by atoms with Crippen molar-refractivity contribution in [1.29, 1.82) is 0 Å². The molecule has 0 aliphatic rings. The molecule has 0 bridgehead atoms. The molecule has 0 rings (SSSR count). The van der Waals surface area contributed by atoms with Crippen LogP contribution < -0.4 is 11.5 Å². The molecule has 0 unspecified atom stereocenters. The van der Waals surface area contributed by atoms with Crippen LogP contribution in [0.25, 0.3) is 0 Å².